The van der Waals surface area contributed by atoms with Gasteiger partial charge in [0, 0.05) is 22.5 Å². The summed E-state index contributed by atoms with van der Waals surface area (Å²) in [6.07, 6.45) is 4.45. The SMILES string of the molecule is O=C(C=Cc1ccc(Cl)cc1)NC(=S)Nc1cccc(NC(=O)c2ccco2)c1. The lowest BCUT2D eigenvalue weighted by molar-refractivity contribution is -0.115. The molecule has 0 aliphatic rings. The highest BCUT2D eigenvalue weighted by Crippen LogP contribution is 2.16. The van der Waals surface area contributed by atoms with Crippen LogP contribution in [0.3, 0.4) is 0 Å². The molecule has 8 heteroatoms. The molecule has 2 amide bonds. The molecule has 0 saturated heterocycles. The Bertz CT molecular complexity index is 1050. The molecule has 0 fully saturated rings. The van der Waals surface area contributed by atoms with Crippen LogP contribution in [0.1, 0.15) is 16.1 Å². The maximum absolute atomic E-state index is 12.0. The summed E-state index contributed by atoms with van der Waals surface area (Å²) in [4.78, 5) is 24.0. The number of carbonyl (C=O) groups is 2. The zero-order valence-electron chi connectivity index (χ0n) is 15.0. The summed E-state index contributed by atoms with van der Waals surface area (Å²) < 4.78 is 5.06. The zero-order chi connectivity index (χ0) is 20.6. The maximum atomic E-state index is 12.0. The molecule has 1 aromatic heterocycles. The van der Waals surface area contributed by atoms with Gasteiger partial charge >= 0.3 is 0 Å². The summed E-state index contributed by atoms with van der Waals surface area (Å²) in [5.74, 6) is -0.534. The summed E-state index contributed by atoms with van der Waals surface area (Å²) in [7, 11) is 0. The summed E-state index contributed by atoms with van der Waals surface area (Å²) in [6.45, 7) is 0. The molecule has 0 bridgehead atoms. The predicted molar refractivity (Wildman–Crippen MR) is 118 cm³/mol. The molecule has 0 spiro atoms. The molecular formula is C21H16ClN3O3S. The van der Waals surface area contributed by atoms with E-state index in [0.29, 0.717) is 16.4 Å². The fourth-order valence-electron chi connectivity index (χ4n) is 2.34. The van der Waals surface area contributed by atoms with Crippen molar-refractivity contribution in [2.45, 2.75) is 0 Å². The van der Waals surface area contributed by atoms with Crippen molar-refractivity contribution in [3.63, 3.8) is 0 Å². The van der Waals surface area contributed by atoms with E-state index in [4.69, 9.17) is 28.2 Å². The Kier molecular flexibility index (Phi) is 6.78. The van der Waals surface area contributed by atoms with Crippen LogP contribution >= 0.6 is 23.8 Å². The largest absolute Gasteiger partial charge is 0.459 e. The molecule has 146 valence electrons. The van der Waals surface area contributed by atoms with Gasteiger partial charge in [-0.2, -0.15) is 0 Å². The summed E-state index contributed by atoms with van der Waals surface area (Å²) in [5, 5.41) is 8.93. The van der Waals surface area contributed by atoms with E-state index in [-0.39, 0.29) is 22.7 Å². The molecule has 0 atom stereocenters. The molecule has 3 aromatic rings. The van der Waals surface area contributed by atoms with Crippen molar-refractivity contribution in [2.24, 2.45) is 0 Å². The van der Waals surface area contributed by atoms with Crippen LogP contribution in [0.15, 0.2) is 77.4 Å². The highest BCUT2D eigenvalue weighted by molar-refractivity contribution is 7.80. The standard InChI is InChI=1S/C21H16ClN3O3S/c22-15-9-6-14(7-10-15)8-11-19(26)25-21(29)24-17-4-1-3-16(13-17)23-20(27)18-5-2-12-28-18/h1-13H,(H,23,27)(H2,24,25,26,29). The molecule has 0 radical (unpaired) electrons. The highest BCUT2D eigenvalue weighted by atomic mass is 35.5. The third kappa shape index (κ3) is 6.31. The third-order valence-corrected chi connectivity index (χ3v) is 4.11. The monoisotopic (exact) mass is 425 g/mol. The first-order chi connectivity index (χ1) is 14.0. The number of benzene rings is 2. The molecule has 0 aliphatic heterocycles. The molecule has 2 aromatic carbocycles. The molecule has 1 heterocycles. The van der Waals surface area contributed by atoms with E-state index < -0.39 is 0 Å². The molecule has 0 saturated carbocycles. The fraction of sp³-hybridized carbons (Fsp3) is 0. The van der Waals surface area contributed by atoms with Gasteiger partial charge in [0.2, 0.25) is 5.91 Å². The number of anilines is 2. The van der Waals surface area contributed by atoms with Gasteiger partial charge in [0.25, 0.3) is 5.91 Å². The van der Waals surface area contributed by atoms with E-state index in [2.05, 4.69) is 16.0 Å². The van der Waals surface area contributed by atoms with Gasteiger partial charge < -0.3 is 15.1 Å². The van der Waals surface area contributed by atoms with Crippen LogP contribution in [0.2, 0.25) is 5.02 Å². The molecule has 29 heavy (non-hydrogen) atoms. The number of hydrogen-bond donors (Lipinski definition) is 3. The molecule has 6 nitrogen and oxygen atoms in total. The van der Waals surface area contributed by atoms with E-state index in [1.165, 1.54) is 12.3 Å². The number of rotatable bonds is 5. The second-order valence-corrected chi connectivity index (χ2v) is 6.69. The van der Waals surface area contributed by atoms with Crippen LogP contribution in [0, 0.1) is 0 Å². The molecule has 3 rings (SSSR count). The number of hydrogen-bond acceptors (Lipinski definition) is 4. The first kappa shape index (κ1) is 20.3. The topological polar surface area (TPSA) is 83.4 Å². The van der Waals surface area contributed by atoms with Crippen molar-refractivity contribution in [1.82, 2.24) is 5.32 Å². The quantitative estimate of drug-likeness (QED) is 0.407. The number of amides is 2. The second kappa shape index (κ2) is 9.68. The highest BCUT2D eigenvalue weighted by Gasteiger charge is 2.09. The maximum Gasteiger partial charge on any atom is 0.291 e. The second-order valence-electron chi connectivity index (χ2n) is 5.84. The summed E-state index contributed by atoms with van der Waals surface area (Å²) >= 11 is 11.0. The van der Waals surface area contributed by atoms with Crippen molar-refractivity contribution >= 4 is 58.2 Å². The Hall–Kier alpha value is -3.42. The van der Waals surface area contributed by atoms with Crippen LogP contribution in [0.25, 0.3) is 6.08 Å². The molecule has 0 aliphatic carbocycles. The van der Waals surface area contributed by atoms with Gasteiger partial charge in [-0.15, -0.1) is 0 Å². The van der Waals surface area contributed by atoms with Gasteiger partial charge in [-0.25, -0.2) is 0 Å². The summed E-state index contributed by atoms with van der Waals surface area (Å²) in [5.41, 5.74) is 1.99. The van der Waals surface area contributed by atoms with Gasteiger partial charge in [-0.3, -0.25) is 14.9 Å². The number of furan rings is 1. The molecular weight excluding hydrogens is 410 g/mol. The Morgan fingerprint density at radius 3 is 2.38 bits per heavy atom. The average molecular weight is 426 g/mol. The van der Waals surface area contributed by atoms with Gasteiger partial charge in [0.15, 0.2) is 10.9 Å². The van der Waals surface area contributed by atoms with Crippen LogP contribution in [-0.2, 0) is 4.79 Å². The van der Waals surface area contributed by atoms with E-state index in [1.807, 2.05) is 0 Å². The Balaban J connectivity index is 1.54. The first-order valence-corrected chi connectivity index (χ1v) is 9.29. The van der Waals surface area contributed by atoms with Crippen LogP contribution < -0.4 is 16.0 Å². The van der Waals surface area contributed by atoms with Gasteiger partial charge in [-0.1, -0.05) is 29.8 Å². The lowest BCUT2D eigenvalue weighted by atomic mass is 10.2. The van der Waals surface area contributed by atoms with Gasteiger partial charge in [-0.05, 0) is 66.3 Å². The molecule has 3 N–H and O–H groups in total. The summed E-state index contributed by atoms with van der Waals surface area (Å²) in [6, 6.07) is 17.2. The number of halogens is 1. The Labute approximate surface area is 177 Å². The normalized spacial score (nSPS) is 10.5. The minimum atomic E-state index is -0.375. The first-order valence-electron chi connectivity index (χ1n) is 8.50. The smallest absolute Gasteiger partial charge is 0.291 e. The minimum Gasteiger partial charge on any atom is -0.459 e. The van der Waals surface area contributed by atoms with Crippen LogP contribution in [0.4, 0.5) is 11.4 Å². The van der Waals surface area contributed by atoms with E-state index in [0.717, 1.165) is 5.56 Å². The van der Waals surface area contributed by atoms with E-state index >= 15 is 0 Å². The number of nitrogens with one attached hydrogen (secondary N) is 3. The van der Waals surface area contributed by atoms with Crippen molar-refractivity contribution in [3.05, 3.63) is 89.3 Å². The van der Waals surface area contributed by atoms with Crippen molar-refractivity contribution in [2.75, 3.05) is 10.6 Å². The van der Waals surface area contributed by atoms with Gasteiger partial charge in [0.1, 0.15) is 0 Å². The van der Waals surface area contributed by atoms with Crippen molar-refractivity contribution < 1.29 is 14.0 Å². The Morgan fingerprint density at radius 1 is 0.966 bits per heavy atom. The van der Waals surface area contributed by atoms with E-state index in [1.54, 1.807) is 66.7 Å². The lowest BCUT2D eigenvalue weighted by Gasteiger charge is -2.10. The predicted octanol–water partition coefficient (Wildman–Crippen LogP) is 4.71. The van der Waals surface area contributed by atoms with Crippen molar-refractivity contribution in [3.8, 4) is 0 Å². The number of carbonyl (C=O) groups excluding carboxylic acids is 2. The van der Waals surface area contributed by atoms with Crippen LogP contribution in [-0.4, -0.2) is 16.9 Å². The van der Waals surface area contributed by atoms with Crippen LogP contribution in [0.5, 0.6) is 0 Å². The van der Waals surface area contributed by atoms with Crippen molar-refractivity contribution in [1.29, 1.82) is 0 Å². The Morgan fingerprint density at radius 2 is 1.69 bits per heavy atom. The molecule has 0 unspecified atom stereocenters. The number of thiocarbonyl (C=S) groups is 1. The lowest BCUT2D eigenvalue weighted by Crippen LogP contribution is -2.32. The third-order valence-electron chi connectivity index (χ3n) is 3.66. The zero-order valence-corrected chi connectivity index (χ0v) is 16.6. The average Bonchev–Trinajstić information content (AvgIpc) is 3.23. The fourth-order valence-corrected chi connectivity index (χ4v) is 2.68. The minimum absolute atomic E-state index is 0.130. The van der Waals surface area contributed by atoms with Gasteiger partial charge in [0.05, 0.1) is 6.26 Å². The van der Waals surface area contributed by atoms with E-state index in [9.17, 15) is 9.59 Å².